The van der Waals surface area contributed by atoms with E-state index in [0.29, 0.717) is 5.75 Å². The summed E-state index contributed by atoms with van der Waals surface area (Å²) < 4.78 is 23.0. The Bertz CT molecular complexity index is 495. The van der Waals surface area contributed by atoms with Crippen LogP contribution in [0.15, 0.2) is 18.2 Å². The molecular formula is C12H15FN2O5. The third-order valence-electron chi connectivity index (χ3n) is 2.43. The fourth-order valence-corrected chi connectivity index (χ4v) is 1.35. The molecule has 1 atom stereocenters. The third kappa shape index (κ3) is 4.39. The minimum atomic E-state index is -1.21. The van der Waals surface area contributed by atoms with E-state index in [0.717, 1.165) is 6.07 Å². The minimum absolute atomic E-state index is 0.0776. The molecule has 1 aromatic carbocycles. The lowest BCUT2D eigenvalue weighted by Crippen LogP contribution is -2.39. The Hall–Kier alpha value is -2.35. The van der Waals surface area contributed by atoms with Crippen LogP contribution in [0.1, 0.15) is 0 Å². The number of amides is 2. The number of anilines is 1. The molecule has 0 aliphatic heterocycles. The second-order valence-corrected chi connectivity index (χ2v) is 3.74. The summed E-state index contributed by atoms with van der Waals surface area (Å²) in [5.41, 5.74) is -0.0776. The summed E-state index contributed by atoms with van der Waals surface area (Å²) in [5, 5.41) is 13.2. The summed E-state index contributed by atoms with van der Waals surface area (Å²) in [6, 6.07) is 3.10. The van der Waals surface area contributed by atoms with Crippen molar-refractivity contribution in [1.29, 1.82) is 0 Å². The molecule has 20 heavy (non-hydrogen) atoms. The molecule has 7 nitrogen and oxygen atoms in total. The summed E-state index contributed by atoms with van der Waals surface area (Å²) in [7, 11) is 2.62. The Morgan fingerprint density at radius 1 is 1.40 bits per heavy atom. The number of halogens is 1. The van der Waals surface area contributed by atoms with E-state index in [2.05, 4.69) is 15.4 Å². The average molecular weight is 286 g/mol. The SMILES string of the molecule is COc1ccc(F)c(NC(=O)NCC(OC)C(=O)O)c1. The van der Waals surface area contributed by atoms with E-state index >= 15 is 0 Å². The van der Waals surface area contributed by atoms with Gasteiger partial charge in [-0.05, 0) is 12.1 Å². The molecule has 0 aliphatic rings. The smallest absolute Gasteiger partial charge is 0.334 e. The predicted molar refractivity (Wildman–Crippen MR) is 68.4 cm³/mol. The highest BCUT2D eigenvalue weighted by Crippen LogP contribution is 2.20. The zero-order chi connectivity index (χ0) is 15.1. The zero-order valence-electron chi connectivity index (χ0n) is 11.0. The topological polar surface area (TPSA) is 96.9 Å². The van der Waals surface area contributed by atoms with Crippen molar-refractivity contribution in [3.63, 3.8) is 0 Å². The molecule has 0 heterocycles. The second kappa shape index (κ2) is 7.29. The van der Waals surface area contributed by atoms with Crippen molar-refractivity contribution in [1.82, 2.24) is 5.32 Å². The van der Waals surface area contributed by atoms with Crippen molar-refractivity contribution in [2.75, 3.05) is 26.1 Å². The largest absolute Gasteiger partial charge is 0.497 e. The Balaban J connectivity index is 2.60. The molecule has 110 valence electrons. The van der Waals surface area contributed by atoms with Gasteiger partial charge < -0.3 is 25.2 Å². The van der Waals surface area contributed by atoms with Gasteiger partial charge in [-0.2, -0.15) is 0 Å². The molecule has 1 rings (SSSR count). The Kier molecular flexibility index (Phi) is 5.73. The molecule has 0 spiro atoms. The van der Waals surface area contributed by atoms with E-state index in [1.54, 1.807) is 0 Å². The maximum atomic E-state index is 13.4. The molecule has 0 saturated heterocycles. The number of benzene rings is 1. The Morgan fingerprint density at radius 2 is 2.10 bits per heavy atom. The van der Waals surface area contributed by atoms with E-state index in [1.165, 1.54) is 26.4 Å². The van der Waals surface area contributed by atoms with Crippen LogP contribution in [0, 0.1) is 5.82 Å². The van der Waals surface area contributed by atoms with Crippen LogP contribution in [0.2, 0.25) is 0 Å². The minimum Gasteiger partial charge on any atom is -0.497 e. The summed E-state index contributed by atoms with van der Waals surface area (Å²) in [5.74, 6) is -1.47. The van der Waals surface area contributed by atoms with Gasteiger partial charge in [-0.3, -0.25) is 0 Å². The van der Waals surface area contributed by atoms with Crippen molar-refractivity contribution >= 4 is 17.7 Å². The fourth-order valence-electron chi connectivity index (χ4n) is 1.35. The van der Waals surface area contributed by atoms with Crippen LogP contribution in [-0.4, -0.2) is 44.0 Å². The molecule has 8 heteroatoms. The number of carbonyl (C=O) groups is 2. The van der Waals surface area contributed by atoms with E-state index in [4.69, 9.17) is 9.84 Å². The van der Waals surface area contributed by atoms with E-state index in [-0.39, 0.29) is 12.2 Å². The standard InChI is InChI=1S/C12H15FN2O5/c1-19-7-3-4-8(13)9(5-7)15-12(18)14-6-10(20-2)11(16)17/h3-5,10H,6H2,1-2H3,(H,16,17)(H2,14,15,18). The highest BCUT2D eigenvalue weighted by atomic mass is 19.1. The molecule has 0 bridgehead atoms. The van der Waals surface area contributed by atoms with Gasteiger partial charge >= 0.3 is 12.0 Å². The molecule has 0 aromatic heterocycles. The molecule has 0 aliphatic carbocycles. The number of ether oxygens (including phenoxy) is 2. The molecule has 0 fully saturated rings. The van der Waals surface area contributed by atoms with Crippen LogP contribution >= 0.6 is 0 Å². The molecule has 1 unspecified atom stereocenters. The number of rotatable bonds is 6. The van der Waals surface area contributed by atoms with Crippen LogP contribution in [0.5, 0.6) is 5.75 Å². The Labute approximate surface area is 114 Å². The monoisotopic (exact) mass is 286 g/mol. The first-order valence-corrected chi connectivity index (χ1v) is 5.62. The average Bonchev–Trinajstić information content (AvgIpc) is 2.41. The maximum absolute atomic E-state index is 13.4. The number of urea groups is 1. The van der Waals surface area contributed by atoms with Crippen LogP contribution in [0.25, 0.3) is 0 Å². The van der Waals surface area contributed by atoms with E-state index in [1.807, 2.05) is 0 Å². The number of hydrogen-bond acceptors (Lipinski definition) is 4. The number of hydrogen-bond donors (Lipinski definition) is 3. The molecule has 0 radical (unpaired) electrons. The van der Waals surface area contributed by atoms with E-state index < -0.39 is 23.9 Å². The van der Waals surface area contributed by atoms with Gasteiger partial charge in [-0.1, -0.05) is 0 Å². The van der Waals surface area contributed by atoms with Gasteiger partial charge in [0.15, 0.2) is 6.10 Å². The lowest BCUT2D eigenvalue weighted by molar-refractivity contribution is -0.147. The van der Waals surface area contributed by atoms with Gasteiger partial charge in [0.05, 0.1) is 19.3 Å². The van der Waals surface area contributed by atoms with Crippen molar-refractivity contribution in [3.8, 4) is 5.75 Å². The normalized spacial score (nSPS) is 11.6. The van der Waals surface area contributed by atoms with Gasteiger partial charge in [-0.15, -0.1) is 0 Å². The lowest BCUT2D eigenvalue weighted by atomic mass is 10.3. The number of carboxylic acids is 1. The number of aliphatic carboxylic acids is 1. The van der Waals surface area contributed by atoms with Gasteiger partial charge in [0.1, 0.15) is 11.6 Å². The van der Waals surface area contributed by atoms with Gasteiger partial charge in [0.2, 0.25) is 0 Å². The lowest BCUT2D eigenvalue weighted by Gasteiger charge is -2.13. The first-order valence-electron chi connectivity index (χ1n) is 5.62. The third-order valence-corrected chi connectivity index (χ3v) is 2.43. The van der Waals surface area contributed by atoms with Crippen LogP contribution < -0.4 is 15.4 Å². The summed E-state index contributed by atoms with van der Waals surface area (Å²) in [6.07, 6.45) is -1.17. The zero-order valence-corrected chi connectivity index (χ0v) is 11.0. The predicted octanol–water partition coefficient (Wildman–Crippen LogP) is 1.06. The van der Waals surface area contributed by atoms with Gasteiger partial charge in [0.25, 0.3) is 0 Å². The van der Waals surface area contributed by atoms with Crippen LogP contribution in [0.3, 0.4) is 0 Å². The van der Waals surface area contributed by atoms with E-state index in [9.17, 15) is 14.0 Å². The highest BCUT2D eigenvalue weighted by molar-refractivity contribution is 5.90. The molecule has 2 amide bonds. The van der Waals surface area contributed by atoms with Gasteiger partial charge in [-0.25, -0.2) is 14.0 Å². The first kappa shape index (κ1) is 15.7. The first-order chi connectivity index (χ1) is 9.47. The summed E-state index contributed by atoms with van der Waals surface area (Å²) >= 11 is 0. The quantitative estimate of drug-likeness (QED) is 0.726. The summed E-state index contributed by atoms with van der Waals surface area (Å²) in [4.78, 5) is 22.2. The summed E-state index contributed by atoms with van der Waals surface area (Å²) in [6.45, 7) is -0.247. The highest BCUT2D eigenvalue weighted by Gasteiger charge is 2.17. The van der Waals surface area contributed by atoms with Crippen molar-refractivity contribution in [3.05, 3.63) is 24.0 Å². The molecule has 1 aromatic rings. The maximum Gasteiger partial charge on any atom is 0.334 e. The van der Waals surface area contributed by atoms with Crippen molar-refractivity contribution in [2.45, 2.75) is 6.10 Å². The fraction of sp³-hybridized carbons (Fsp3) is 0.333. The molecule has 0 saturated carbocycles. The number of nitrogens with one attached hydrogen (secondary N) is 2. The number of carboxylic acid groups (broad SMARTS) is 1. The van der Waals surface area contributed by atoms with Crippen LogP contribution in [0.4, 0.5) is 14.9 Å². The number of carbonyl (C=O) groups excluding carboxylic acids is 1. The molecule has 3 N–H and O–H groups in total. The van der Waals surface area contributed by atoms with Gasteiger partial charge in [0, 0.05) is 13.2 Å². The van der Waals surface area contributed by atoms with Crippen molar-refractivity contribution < 1.29 is 28.6 Å². The Morgan fingerprint density at radius 3 is 2.65 bits per heavy atom. The number of methoxy groups -OCH3 is 2. The second-order valence-electron chi connectivity index (χ2n) is 3.74. The van der Waals surface area contributed by atoms with Crippen molar-refractivity contribution in [2.24, 2.45) is 0 Å². The molecular weight excluding hydrogens is 271 g/mol. The van der Waals surface area contributed by atoms with Crippen LogP contribution in [-0.2, 0) is 9.53 Å².